The van der Waals surface area contributed by atoms with Crippen LogP contribution < -0.4 is 5.32 Å². The molecule has 3 rings (SSSR count). The summed E-state index contributed by atoms with van der Waals surface area (Å²) < 4.78 is 0. The van der Waals surface area contributed by atoms with Gasteiger partial charge in [-0.3, -0.25) is 4.90 Å². The van der Waals surface area contributed by atoms with Crippen molar-refractivity contribution < 1.29 is 0 Å². The summed E-state index contributed by atoms with van der Waals surface area (Å²) in [6.45, 7) is 12.8. The van der Waals surface area contributed by atoms with Crippen molar-refractivity contribution >= 4 is 0 Å². The first-order valence-electron chi connectivity index (χ1n) is 7.57. The zero-order chi connectivity index (χ0) is 13.2. The molecule has 3 aliphatic rings. The van der Waals surface area contributed by atoms with Crippen LogP contribution in [0, 0.1) is 11.3 Å². The zero-order valence-electron chi connectivity index (χ0n) is 12.5. The molecule has 2 atom stereocenters. The molecule has 3 fully saturated rings. The largest absolute Gasteiger partial charge is 0.381 e. The number of nitrogens with zero attached hydrogens (tertiary/aromatic N) is 1. The lowest BCUT2D eigenvalue weighted by molar-refractivity contribution is 0.204. The lowest BCUT2D eigenvalue weighted by atomic mass is 9.79. The van der Waals surface area contributed by atoms with Crippen LogP contribution in [-0.2, 0) is 0 Å². The van der Waals surface area contributed by atoms with Gasteiger partial charge in [-0.1, -0.05) is 27.4 Å². The smallest absolute Gasteiger partial charge is 0.0632 e. The lowest BCUT2D eigenvalue weighted by Crippen LogP contribution is -2.48. The molecule has 2 heteroatoms. The van der Waals surface area contributed by atoms with Crippen molar-refractivity contribution in [2.75, 3.05) is 13.6 Å². The highest BCUT2D eigenvalue weighted by Gasteiger charge is 2.64. The monoisotopic (exact) mass is 248 g/mol. The lowest BCUT2D eigenvalue weighted by Gasteiger charge is -2.39. The third-order valence-corrected chi connectivity index (χ3v) is 6.41. The van der Waals surface area contributed by atoms with Gasteiger partial charge in [-0.05, 0) is 57.0 Å². The summed E-state index contributed by atoms with van der Waals surface area (Å²) in [4.78, 5) is 2.53. The minimum absolute atomic E-state index is 0.319. The second kappa shape index (κ2) is 3.53. The van der Waals surface area contributed by atoms with Crippen LogP contribution in [0.4, 0.5) is 0 Å². The van der Waals surface area contributed by atoms with Crippen LogP contribution in [0.5, 0.6) is 0 Å². The van der Waals surface area contributed by atoms with Crippen molar-refractivity contribution in [1.29, 1.82) is 0 Å². The maximum absolute atomic E-state index is 4.42. The van der Waals surface area contributed by atoms with Gasteiger partial charge in [0.2, 0.25) is 0 Å². The highest BCUT2D eigenvalue weighted by Crippen LogP contribution is 2.60. The Hall–Kier alpha value is -0.500. The summed E-state index contributed by atoms with van der Waals surface area (Å²) in [6.07, 6.45) is 6.56. The Bertz CT molecular complexity index is 381. The first kappa shape index (κ1) is 12.5. The summed E-state index contributed by atoms with van der Waals surface area (Å²) in [5.74, 6) is 0.878. The standard InChI is InChI=1S/C16H28N2/c1-6-14(3,4)15(8-9-15)17-12(2)16-11-13(16)7-10-18(16)5/h13,17H,2,6-11H2,1,3-5H3/t13-,16?/m0/s1. The molecule has 102 valence electrons. The van der Waals surface area contributed by atoms with Gasteiger partial charge in [0.05, 0.1) is 5.54 Å². The second-order valence-electron chi connectivity index (χ2n) is 7.46. The molecule has 1 saturated heterocycles. The van der Waals surface area contributed by atoms with Crippen molar-refractivity contribution in [1.82, 2.24) is 10.2 Å². The van der Waals surface area contributed by atoms with Gasteiger partial charge in [0.25, 0.3) is 0 Å². The first-order chi connectivity index (χ1) is 8.38. The Morgan fingerprint density at radius 3 is 2.50 bits per heavy atom. The van der Waals surface area contributed by atoms with Crippen molar-refractivity contribution in [3.63, 3.8) is 0 Å². The van der Waals surface area contributed by atoms with Crippen molar-refractivity contribution in [3.8, 4) is 0 Å². The molecular weight excluding hydrogens is 220 g/mol. The summed E-state index contributed by atoms with van der Waals surface area (Å²) in [6, 6.07) is 0. The molecule has 0 aromatic carbocycles. The molecule has 1 aliphatic heterocycles. The molecule has 1 heterocycles. The third-order valence-electron chi connectivity index (χ3n) is 6.41. The molecule has 2 aliphatic carbocycles. The summed E-state index contributed by atoms with van der Waals surface area (Å²) >= 11 is 0. The predicted octanol–water partition coefficient (Wildman–Crippen LogP) is 3.15. The molecule has 0 aromatic heterocycles. The van der Waals surface area contributed by atoms with Gasteiger partial charge in [0.15, 0.2) is 0 Å². The van der Waals surface area contributed by atoms with Crippen molar-refractivity contribution in [3.05, 3.63) is 12.3 Å². The Morgan fingerprint density at radius 1 is 1.44 bits per heavy atom. The highest BCUT2D eigenvalue weighted by molar-refractivity contribution is 5.34. The Balaban J connectivity index is 1.73. The fraction of sp³-hybridized carbons (Fsp3) is 0.875. The van der Waals surface area contributed by atoms with Gasteiger partial charge in [0.1, 0.15) is 0 Å². The minimum Gasteiger partial charge on any atom is -0.381 e. The molecule has 0 amide bonds. The van der Waals surface area contributed by atoms with E-state index >= 15 is 0 Å². The van der Waals surface area contributed by atoms with Crippen molar-refractivity contribution in [2.24, 2.45) is 11.3 Å². The molecule has 18 heavy (non-hydrogen) atoms. The minimum atomic E-state index is 0.319. The quantitative estimate of drug-likeness (QED) is 0.804. The molecule has 0 bridgehead atoms. The van der Waals surface area contributed by atoms with E-state index < -0.39 is 0 Å². The molecular formula is C16H28N2. The van der Waals surface area contributed by atoms with E-state index in [0.29, 0.717) is 16.5 Å². The first-order valence-corrected chi connectivity index (χ1v) is 7.57. The number of hydrogen-bond acceptors (Lipinski definition) is 2. The van der Waals surface area contributed by atoms with Gasteiger partial charge in [-0.15, -0.1) is 0 Å². The van der Waals surface area contributed by atoms with Crippen LogP contribution >= 0.6 is 0 Å². The van der Waals surface area contributed by atoms with E-state index in [0.717, 1.165) is 5.92 Å². The highest BCUT2D eigenvalue weighted by atomic mass is 15.3. The van der Waals surface area contributed by atoms with Crippen LogP contribution in [0.3, 0.4) is 0 Å². The van der Waals surface area contributed by atoms with Gasteiger partial charge in [0, 0.05) is 11.2 Å². The molecule has 2 nitrogen and oxygen atoms in total. The molecule has 0 aromatic rings. The second-order valence-corrected chi connectivity index (χ2v) is 7.46. The molecule has 1 N–H and O–H groups in total. The molecule has 0 radical (unpaired) electrons. The van der Waals surface area contributed by atoms with E-state index in [9.17, 15) is 0 Å². The number of likely N-dealkylation sites (tertiary alicyclic amines) is 1. The summed E-state index contributed by atoms with van der Waals surface area (Å²) in [5.41, 5.74) is 2.35. The third kappa shape index (κ3) is 1.44. The molecule has 1 unspecified atom stereocenters. The van der Waals surface area contributed by atoms with E-state index in [1.807, 2.05) is 0 Å². The summed E-state index contributed by atoms with van der Waals surface area (Å²) in [5, 5.41) is 3.88. The van der Waals surface area contributed by atoms with Gasteiger partial charge >= 0.3 is 0 Å². The Kier molecular flexibility index (Phi) is 2.46. The van der Waals surface area contributed by atoms with Crippen LogP contribution in [0.25, 0.3) is 0 Å². The number of hydrogen-bond donors (Lipinski definition) is 1. The van der Waals surface area contributed by atoms with Gasteiger partial charge in [-0.2, -0.15) is 0 Å². The number of likely N-dealkylation sites (N-methyl/N-ethyl adjacent to an activating group) is 1. The van der Waals surface area contributed by atoms with Gasteiger partial charge in [-0.25, -0.2) is 0 Å². The average molecular weight is 248 g/mol. The number of fused-ring (bicyclic) bond motifs is 1. The topological polar surface area (TPSA) is 15.3 Å². The van der Waals surface area contributed by atoms with E-state index in [2.05, 4.69) is 44.6 Å². The molecule has 2 saturated carbocycles. The van der Waals surface area contributed by atoms with E-state index in [1.165, 1.54) is 44.3 Å². The number of piperidine rings is 1. The molecule has 0 spiro atoms. The van der Waals surface area contributed by atoms with E-state index in [4.69, 9.17) is 0 Å². The SMILES string of the molecule is C=C(NC1(C(C)(C)CC)CC1)C12C[C@@H]1CCN2C. The van der Waals surface area contributed by atoms with E-state index in [1.54, 1.807) is 0 Å². The van der Waals surface area contributed by atoms with Crippen LogP contribution in [0.1, 0.15) is 52.9 Å². The average Bonchev–Trinajstić information content (AvgIpc) is 3.20. The van der Waals surface area contributed by atoms with Crippen LogP contribution in [-0.4, -0.2) is 29.6 Å². The fourth-order valence-corrected chi connectivity index (χ4v) is 4.11. The van der Waals surface area contributed by atoms with E-state index in [-0.39, 0.29) is 0 Å². The summed E-state index contributed by atoms with van der Waals surface area (Å²) in [7, 11) is 2.27. The van der Waals surface area contributed by atoms with Crippen LogP contribution in [0.15, 0.2) is 12.3 Å². The normalized spacial score (nSPS) is 37.2. The number of rotatable bonds is 5. The Morgan fingerprint density at radius 2 is 2.11 bits per heavy atom. The van der Waals surface area contributed by atoms with Crippen LogP contribution in [0.2, 0.25) is 0 Å². The predicted molar refractivity (Wildman–Crippen MR) is 76.4 cm³/mol. The Labute approximate surface area is 112 Å². The number of nitrogens with one attached hydrogen (secondary N) is 1. The fourth-order valence-electron chi connectivity index (χ4n) is 4.11. The zero-order valence-corrected chi connectivity index (χ0v) is 12.5. The maximum Gasteiger partial charge on any atom is 0.0632 e. The maximum atomic E-state index is 4.42. The van der Waals surface area contributed by atoms with Gasteiger partial charge < -0.3 is 5.32 Å². The van der Waals surface area contributed by atoms with Crippen molar-refractivity contribution in [2.45, 2.75) is 64.0 Å².